The molecule has 0 heterocycles. The minimum atomic E-state index is -0.613. The number of hydrogen-bond acceptors (Lipinski definition) is 3. The summed E-state index contributed by atoms with van der Waals surface area (Å²) in [5.74, 6) is 0.604. The second-order valence-electron chi connectivity index (χ2n) is 6.10. The molecule has 2 aliphatic rings. The third kappa shape index (κ3) is 1.96. The Morgan fingerprint density at radius 2 is 1.53 bits per heavy atom. The Morgan fingerprint density at radius 1 is 0.882 bits per heavy atom. The fraction of sp³-hybridized carbons (Fsp3) is 0.786. The van der Waals surface area contributed by atoms with Crippen LogP contribution in [0.15, 0.2) is 0 Å². The van der Waals surface area contributed by atoms with E-state index in [0.29, 0.717) is 44.9 Å². The molecule has 0 aromatic carbocycles. The molecule has 0 N–H and O–H groups in total. The molecule has 0 unspecified atom stereocenters. The first-order valence-electron chi connectivity index (χ1n) is 6.44. The highest BCUT2D eigenvalue weighted by Crippen LogP contribution is 2.53. The minimum absolute atomic E-state index is 0.173. The van der Waals surface area contributed by atoms with Crippen LogP contribution in [-0.4, -0.2) is 17.3 Å². The van der Waals surface area contributed by atoms with Gasteiger partial charge in [0.15, 0.2) is 0 Å². The van der Waals surface area contributed by atoms with E-state index in [4.69, 9.17) is 0 Å². The minimum Gasteiger partial charge on any atom is -0.300 e. The molecule has 0 aliphatic heterocycles. The monoisotopic (exact) mass is 236 g/mol. The fourth-order valence-corrected chi connectivity index (χ4v) is 3.35. The van der Waals surface area contributed by atoms with Crippen molar-refractivity contribution in [3.8, 4) is 0 Å². The number of rotatable bonds is 0. The summed E-state index contributed by atoms with van der Waals surface area (Å²) in [5, 5.41) is 0. The number of fused-ring (bicyclic) bond motifs is 1. The highest BCUT2D eigenvalue weighted by atomic mass is 16.1. The van der Waals surface area contributed by atoms with E-state index in [9.17, 15) is 14.4 Å². The standard InChI is InChI=1S/C14H20O3/c1-13-7-6-11(16)9-14(13,2)12(17)5-3-4-10(15)8-13/h3-9H2,1-2H3/t13-,14+/m0/s1. The van der Waals surface area contributed by atoms with Crippen LogP contribution in [0, 0.1) is 10.8 Å². The summed E-state index contributed by atoms with van der Waals surface area (Å²) in [7, 11) is 0. The van der Waals surface area contributed by atoms with Gasteiger partial charge < -0.3 is 0 Å². The lowest BCUT2D eigenvalue weighted by molar-refractivity contribution is -0.150. The van der Waals surface area contributed by atoms with Crippen molar-refractivity contribution in [2.75, 3.05) is 0 Å². The van der Waals surface area contributed by atoms with Gasteiger partial charge in [-0.25, -0.2) is 0 Å². The molecule has 94 valence electrons. The summed E-state index contributed by atoms with van der Waals surface area (Å²) >= 11 is 0. The highest BCUT2D eigenvalue weighted by Gasteiger charge is 2.53. The van der Waals surface area contributed by atoms with E-state index in [1.165, 1.54) is 0 Å². The molecule has 0 radical (unpaired) electrons. The highest BCUT2D eigenvalue weighted by molar-refractivity contribution is 5.94. The Hall–Kier alpha value is -0.990. The largest absolute Gasteiger partial charge is 0.300 e. The van der Waals surface area contributed by atoms with Crippen LogP contribution in [0.2, 0.25) is 0 Å². The van der Waals surface area contributed by atoms with Crippen LogP contribution in [0.3, 0.4) is 0 Å². The van der Waals surface area contributed by atoms with Crippen LogP contribution in [0.25, 0.3) is 0 Å². The zero-order valence-corrected chi connectivity index (χ0v) is 10.7. The number of hydrogen-bond donors (Lipinski definition) is 0. The van der Waals surface area contributed by atoms with Crippen molar-refractivity contribution in [2.24, 2.45) is 10.8 Å². The van der Waals surface area contributed by atoms with Crippen molar-refractivity contribution in [3.05, 3.63) is 0 Å². The molecular formula is C14H20O3. The maximum Gasteiger partial charge on any atom is 0.139 e. The molecule has 3 heteroatoms. The molecule has 0 bridgehead atoms. The molecule has 0 aromatic rings. The van der Waals surface area contributed by atoms with Crippen LogP contribution in [0.4, 0.5) is 0 Å². The Balaban J connectivity index is 2.39. The fourth-order valence-electron chi connectivity index (χ4n) is 3.35. The molecule has 2 atom stereocenters. The maximum absolute atomic E-state index is 12.3. The van der Waals surface area contributed by atoms with Gasteiger partial charge in [0.05, 0.1) is 0 Å². The summed E-state index contributed by atoms with van der Waals surface area (Å²) < 4.78 is 0. The zero-order valence-electron chi connectivity index (χ0n) is 10.7. The van der Waals surface area contributed by atoms with Gasteiger partial charge in [0, 0.05) is 37.5 Å². The van der Waals surface area contributed by atoms with Crippen molar-refractivity contribution in [1.82, 2.24) is 0 Å². The lowest BCUT2D eigenvalue weighted by Crippen LogP contribution is -2.50. The van der Waals surface area contributed by atoms with E-state index in [0.717, 1.165) is 0 Å². The molecule has 2 rings (SSSR count). The topological polar surface area (TPSA) is 51.2 Å². The summed E-state index contributed by atoms with van der Waals surface area (Å²) in [5.41, 5.74) is -0.923. The number of Topliss-reactive ketones (excluding diaryl/α,β-unsaturated/α-hetero) is 3. The lowest BCUT2D eigenvalue weighted by atomic mass is 9.52. The average Bonchev–Trinajstić information content (AvgIpc) is 2.23. The van der Waals surface area contributed by atoms with Gasteiger partial charge in [0.2, 0.25) is 0 Å². The predicted octanol–water partition coefficient (Wildman–Crippen LogP) is 2.46. The van der Waals surface area contributed by atoms with Crippen LogP contribution < -0.4 is 0 Å². The maximum atomic E-state index is 12.3. The summed E-state index contributed by atoms with van der Waals surface area (Å²) in [6, 6.07) is 0. The van der Waals surface area contributed by atoms with Crippen LogP contribution in [0.1, 0.15) is 58.8 Å². The molecule has 2 fully saturated rings. The molecule has 3 nitrogen and oxygen atoms in total. The van der Waals surface area contributed by atoms with Crippen LogP contribution >= 0.6 is 0 Å². The van der Waals surface area contributed by atoms with Crippen LogP contribution in [0.5, 0.6) is 0 Å². The third-order valence-electron chi connectivity index (χ3n) is 4.90. The van der Waals surface area contributed by atoms with Crippen molar-refractivity contribution in [1.29, 1.82) is 0 Å². The third-order valence-corrected chi connectivity index (χ3v) is 4.90. The second kappa shape index (κ2) is 4.04. The molecule has 2 aliphatic carbocycles. The van der Waals surface area contributed by atoms with Gasteiger partial charge in [-0.05, 0) is 18.3 Å². The molecule has 0 saturated heterocycles. The molecule has 0 spiro atoms. The summed E-state index contributed by atoms with van der Waals surface area (Å²) in [6.45, 7) is 3.91. The Morgan fingerprint density at radius 3 is 2.24 bits per heavy atom. The van der Waals surface area contributed by atoms with Crippen LogP contribution in [-0.2, 0) is 14.4 Å². The normalized spacial score (nSPS) is 39.5. The van der Waals surface area contributed by atoms with Gasteiger partial charge in [0.25, 0.3) is 0 Å². The predicted molar refractivity (Wildman–Crippen MR) is 63.6 cm³/mol. The number of ketones is 3. The molecule has 0 aromatic heterocycles. The van der Waals surface area contributed by atoms with E-state index < -0.39 is 5.41 Å². The van der Waals surface area contributed by atoms with E-state index >= 15 is 0 Å². The van der Waals surface area contributed by atoms with E-state index in [1.807, 2.05) is 13.8 Å². The summed E-state index contributed by atoms with van der Waals surface area (Å²) in [6.07, 6.45) is 3.61. The van der Waals surface area contributed by atoms with Gasteiger partial charge in [-0.3, -0.25) is 14.4 Å². The first kappa shape index (κ1) is 12.5. The average molecular weight is 236 g/mol. The Labute approximate surface area is 102 Å². The Kier molecular flexibility index (Phi) is 2.96. The Bertz CT molecular complexity index is 385. The van der Waals surface area contributed by atoms with Crippen molar-refractivity contribution in [3.63, 3.8) is 0 Å². The van der Waals surface area contributed by atoms with E-state index in [2.05, 4.69) is 0 Å². The van der Waals surface area contributed by atoms with Gasteiger partial charge in [-0.15, -0.1) is 0 Å². The van der Waals surface area contributed by atoms with E-state index in [-0.39, 0.29) is 22.8 Å². The SMILES string of the molecule is C[C@@]12CCC(=O)C[C@]1(C)C(=O)CCCC(=O)C2. The molecular weight excluding hydrogens is 216 g/mol. The molecule has 2 saturated carbocycles. The van der Waals surface area contributed by atoms with Gasteiger partial charge in [-0.2, -0.15) is 0 Å². The molecule has 0 amide bonds. The van der Waals surface area contributed by atoms with Gasteiger partial charge in [-0.1, -0.05) is 13.8 Å². The number of carbonyl (C=O) groups is 3. The lowest BCUT2D eigenvalue weighted by Gasteiger charge is -2.49. The van der Waals surface area contributed by atoms with Gasteiger partial charge >= 0.3 is 0 Å². The van der Waals surface area contributed by atoms with Gasteiger partial charge in [0.1, 0.15) is 17.3 Å². The van der Waals surface area contributed by atoms with Crippen molar-refractivity contribution >= 4 is 17.3 Å². The quantitative estimate of drug-likeness (QED) is 0.649. The molecule has 17 heavy (non-hydrogen) atoms. The second-order valence-corrected chi connectivity index (χ2v) is 6.10. The van der Waals surface area contributed by atoms with Crippen molar-refractivity contribution in [2.45, 2.75) is 58.8 Å². The number of carbonyl (C=O) groups excluding carboxylic acids is 3. The zero-order chi connectivity index (χ0) is 12.7. The van der Waals surface area contributed by atoms with E-state index in [1.54, 1.807) is 0 Å². The smallest absolute Gasteiger partial charge is 0.139 e. The van der Waals surface area contributed by atoms with Crippen molar-refractivity contribution < 1.29 is 14.4 Å². The first-order chi connectivity index (χ1) is 7.87. The summed E-state index contributed by atoms with van der Waals surface area (Å²) in [4.78, 5) is 35.8. The first-order valence-corrected chi connectivity index (χ1v) is 6.44.